The molecule has 0 amide bonds. The Labute approximate surface area is 153 Å². The summed E-state index contributed by atoms with van der Waals surface area (Å²) < 4.78 is 5.45. The molecule has 1 aromatic heterocycles. The summed E-state index contributed by atoms with van der Waals surface area (Å²) in [5, 5.41) is 3.17. The van der Waals surface area contributed by atoms with Crippen LogP contribution in [0, 0.1) is 6.92 Å². The molecule has 1 heterocycles. The van der Waals surface area contributed by atoms with E-state index in [4.69, 9.17) is 4.74 Å². The highest BCUT2D eigenvalue weighted by molar-refractivity contribution is 5.35. The molecule has 0 saturated carbocycles. The summed E-state index contributed by atoms with van der Waals surface area (Å²) in [6, 6.07) is 17.8. The fourth-order valence-electron chi connectivity index (χ4n) is 2.76. The van der Waals surface area contributed by atoms with Crippen LogP contribution >= 0.6 is 0 Å². The van der Waals surface area contributed by atoms with Crippen molar-refractivity contribution in [3.63, 3.8) is 0 Å². The maximum Gasteiger partial charge on any atom is 0.256 e. The molecule has 0 spiro atoms. The molecular weight excluding hydrogens is 326 g/mol. The zero-order chi connectivity index (χ0) is 18.4. The molecule has 5 nitrogen and oxygen atoms in total. The summed E-state index contributed by atoms with van der Waals surface area (Å²) in [7, 11) is 0. The van der Waals surface area contributed by atoms with E-state index < -0.39 is 0 Å². The molecule has 0 aliphatic rings. The Morgan fingerprint density at radius 3 is 2.42 bits per heavy atom. The molecule has 0 atom stereocenters. The Bertz CT molecular complexity index is 903. The third kappa shape index (κ3) is 4.51. The first-order valence-corrected chi connectivity index (χ1v) is 8.75. The van der Waals surface area contributed by atoms with Gasteiger partial charge in [-0.15, -0.1) is 0 Å². The number of rotatable bonds is 7. The average Bonchev–Trinajstić information content (AvgIpc) is 2.65. The van der Waals surface area contributed by atoms with Gasteiger partial charge < -0.3 is 10.1 Å². The number of nitrogens with one attached hydrogen (secondary N) is 2. The Balaban J connectivity index is 1.71. The number of anilines is 1. The quantitative estimate of drug-likeness (QED) is 0.683. The zero-order valence-electron chi connectivity index (χ0n) is 15.1. The van der Waals surface area contributed by atoms with Gasteiger partial charge in [-0.05, 0) is 37.1 Å². The molecule has 3 aromatic rings. The van der Waals surface area contributed by atoms with Crippen molar-refractivity contribution in [2.45, 2.75) is 26.8 Å². The summed E-state index contributed by atoms with van der Waals surface area (Å²) in [4.78, 5) is 19.8. The molecule has 5 heteroatoms. The molecule has 0 saturated heterocycles. The fraction of sp³-hybridized carbons (Fsp3) is 0.238. The standard InChI is InChI=1S/C21H23N3O2/c1-3-26-18-11-9-16(10-12-18)13-19-15(2)23-21(24-20(19)25)22-14-17-7-5-4-6-8-17/h4-12H,3,13-14H2,1-2H3,(H2,22,23,24,25). The second-order valence-electron chi connectivity index (χ2n) is 6.07. The van der Waals surface area contributed by atoms with Gasteiger partial charge in [0.05, 0.1) is 12.3 Å². The largest absolute Gasteiger partial charge is 0.494 e. The number of aromatic amines is 1. The van der Waals surface area contributed by atoms with Crippen LogP contribution in [0.15, 0.2) is 59.4 Å². The van der Waals surface area contributed by atoms with Crippen molar-refractivity contribution >= 4 is 5.95 Å². The minimum Gasteiger partial charge on any atom is -0.494 e. The SMILES string of the molecule is CCOc1ccc(Cc2c(C)nc(NCc3ccccc3)[nH]c2=O)cc1. The smallest absolute Gasteiger partial charge is 0.256 e. The van der Waals surface area contributed by atoms with E-state index in [-0.39, 0.29) is 5.56 Å². The topological polar surface area (TPSA) is 67.0 Å². The maximum atomic E-state index is 12.5. The average molecular weight is 349 g/mol. The maximum absolute atomic E-state index is 12.5. The monoisotopic (exact) mass is 349 g/mol. The molecule has 0 fully saturated rings. The van der Waals surface area contributed by atoms with Gasteiger partial charge >= 0.3 is 0 Å². The second-order valence-corrected chi connectivity index (χ2v) is 6.07. The van der Waals surface area contributed by atoms with Crippen LogP contribution in [0.3, 0.4) is 0 Å². The number of hydrogen-bond donors (Lipinski definition) is 2. The summed E-state index contributed by atoms with van der Waals surface area (Å²) in [6.45, 7) is 5.07. The van der Waals surface area contributed by atoms with Gasteiger partial charge in [0, 0.05) is 18.5 Å². The van der Waals surface area contributed by atoms with Gasteiger partial charge in [-0.2, -0.15) is 0 Å². The van der Waals surface area contributed by atoms with E-state index in [0.29, 0.717) is 31.1 Å². The van der Waals surface area contributed by atoms with Crippen molar-refractivity contribution in [2.75, 3.05) is 11.9 Å². The Morgan fingerprint density at radius 1 is 1.04 bits per heavy atom. The molecule has 2 N–H and O–H groups in total. The van der Waals surface area contributed by atoms with E-state index in [1.807, 2.05) is 68.4 Å². The minimum absolute atomic E-state index is 0.109. The lowest BCUT2D eigenvalue weighted by Crippen LogP contribution is -2.19. The van der Waals surface area contributed by atoms with E-state index in [1.165, 1.54) is 0 Å². The van der Waals surface area contributed by atoms with Crippen LogP contribution in [0.4, 0.5) is 5.95 Å². The van der Waals surface area contributed by atoms with Crippen molar-refractivity contribution in [3.05, 3.63) is 87.3 Å². The molecule has 0 aliphatic carbocycles. The summed E-state index contributed by atoms with van der Waals surface area (Å²) in [6.07, 6.45) is 0.541. The highest BCUT2D eigenvalue weighted by Gasteiger charge is 2.09. The van der Waals surface area contributed by atoms with Crippen LogP contribution in [0.5, 0.6) is 5.75 Å². The van der Waals surface area contributed by atoms with Crippen LogP contribution in [-0.2, 0) is 13.0 Å². The van der Waals surface area contributed by atoms with Crippen molar-refractivity contribution in [3.8, 4) is 5.75 Å². The number of aryl methyl sites for hydroxylation is 1. The van der Waals surface area contributed by atoms with E-state index in [1.54, 1.807) is 0 Å². The lowest BCUT2D eigenvalue weighted by atomic mass is 10.1. The van der Waals surface area contributed by atoms with Crippen LogP contribution in [0.1, 0.15) is 29.3 Å². The van der Waals surface area contributed by atoms with Crippen molar-refractivity contribution < 1.29 is 4.74 Å². The molecule has 2 aromatic carbocycles. The van der Waals surface area contributed by atoms with Crippen molar-refractivity contribution in [2.24, 2.45) is 0 Å². The Kier molecular flexibility index (Phi) is 5.69. The van der Waals surface area contributed by atoms with E-state index >= 15 is 0 Å². The van der Waals surface area contributed by atoms with Gasteiger partial charge in [0.15, 0.2) is 0 Å². The van der Waals surface area contributed by atoms with Gasteiger partial charge in [0.2, 0.25) is 5.95 Å². The predicted octanol–water partition coefficient (Wildman–Crippen LogP) is 3.68. The first-order valence-electron chi connectivity index (χ1n) is 8.75. The number of benzene rings is 2. The molecule has 0 bridgehead atoms. The van der Waals surface area contributed by atoms with Crippen molar-refractivity contribution in [1.29, 1.82) is 0 Å². The summed E-state index contributed by atoms with van der Waals surface area (Å²) >= 11 is 0. The summed E-state index contributed by atoms with van der Waals surface area (Å²) in [5.74, 6) is 1.33. The highest BCUT2D eigenvalue weighted by Crippen LogP contribution is 2.15. The molecular formula is C21H23N3O2. The van der Waals surface area contributed by atoms with Crippen LogP contribution in [0.2, 0.25) is 0 Å². The van der Waals surface area contributed by atoms with Gasteiger partial charge in [0.1, 0.15) is 5.75 Å². The minimum atomic E-state index is -0.109. The van der Waals surface area contributed by atoms with Gasteiger partial charge in [-0.3, -0.25) is 9.78 Å². The van der Waals surface area contributed by atoms with Crippen LogP contribution in [0.25, 0.3) is 0 Å². The summed E-state index contributed by atoms with van der Waals surface area (Å²) in [5.41, 5.74) is 3.49. The molecule has 0 radical (unpaired) electrons. The molecule has 3 rings (SSSR count). The van der Waals surface area contributed by atoms with E-state index in [2.05, 4.69) is 15.3 Å². The fourth-order valence-corrected chi connectivity index (χ4v) is 2.76. The molecule has 134 valence electrons. The number of H-pyrrole nitrogens is 1. The van der Waals surface area contributed by atoms with Gasteiger partial charge in [0.25, 0.3) is 5.56 Å². The number of nitrogens with zero attached hydrogens (tertiary/aromatic N) is 1. The van der Waals surface area contributed by atoms with Crippen molar-refractivity contribution in [1.82, 2.24) is 9.97 Å². The second kappa shape index (κ2) is 8.34. The third-order valence-corrected chi connectivity index (χ3v) is 4.14. The predicted molar refractivity (Wildman–Crippen MR) is 104 cm³/mol. The Hall–Kier alpha value is -3.08. The zero-order valence-corrected chi connectivity index (χ0v) is 15.1. The van der Waals surface area contributed by atoms with Gasteiger partial charge in [-0.25, -0.2) is 4.98 Å². The number of aromatic nitrogens is 2. The molecule has 26 heavy (non-hydrogen) atoms. The normalized spacial score (nSPS) is 10.5. The number of ether oxygens (including phenoxy) is 1. The van der Waals surface area contributed by atoms with E-state index in [9.17, 15) is 4.79 Å². The molecule has 0 unspecified atom stereocenters. The lowest BCUT2D eigenvalue weighted by molar-refractivity contribution is 0.340. The van der Waals surface area contributed by atoms with Gasteiger partial charge in [-0.1, -0.05) is 42.5 Å². The Morgan fingerprint density at radius 2 is 1.77 bits per heavy atom. The third-order valence-electron chi connectivity index (χ3n) is 4.14. The first-order chi connectivity index (χ1) is 12.7. The van der Waals surface area contributed by atoms with Crippen LogP contribution in [-0.4, -0.2) is 16.6 Å². The lowest BCUT2D eigenvalue weighted by Gasteiger charge is -2.10. The highest BCUT2D eigenvalue weighted by atomic mass is 16.5. The number of hydrogen-bond acceptors (Lipinski definition) is 4. The first kappa shape index (κ1) is 17.7. The van der Waals surface area contributed by atoms with E-state index in [0.717, 1.165) is 22.6 Å². The van der Waals surface area contributed by atoms with Crippen LogP contribution < -0.4 is 15.6 Å². The molecule has 0 aliphatic heterocycles.